The van der Waals surface area contributed by atoms with Gasteiger partial charge < -0.3 is 10.4 Å². The van der Waals surface area contributed by atoms with Crippen molar-refractivity contribution >= 4 is 28.4 Å². The number of hydrogen-bond donors (Lipinski definition) is 2. The first-order valence-electron chi connectivity index (χ1n) is 8.20. The van der Waals surface area contributed by atoms with Crippen LogP contribution in [0.5, 0.6) is 0 Å². The first-order valence-corrected chi connectivity index (χ1v) is 9.18. The molecule has 0 amide bonds. The Kier molecular flexibility index (Phi) is 5.49. The molecular weight excluding hydrogens is 326 g/mol. The van der Waals surface area contributed by atoms with Crippen LogP contribution < -0.4 is 10.9 Å². The van der Waals surface area contributed by atoms with Crippen LogP contribution in [-0.2, 0) is 6.54 Å². The lowest BCUT2D eigenvalue weighted by atomic mass is 10.2. The Morgan fingerprint density at radius 2 is 2.08 bits per heavy atom. The molecule has 0 unspecified atom stereocenters. The van der Waals surface area contributed by atoms with E-state index in [1.165, 1.54) is 0 Å². The van der Waals surface area contributed by atoms with Gasteiger partial charge in [0.2, 0.25) is 5.78 Å². The van der Waals surface area contributed by atoms with Crippen LogP contribution in [0.3, 0.4) is 0 Å². The smallest absolute Gasteiger partial charge is 0.262 e. The van der Waals surface area contributed by atoms with Crippen molar-refractivity contribution in [3.8, 4) is 0 Å². The van der Waals surface area contributed by atoms with Crippen molar-refractivity contribution in [3.63, 3.8) is 0 Å². The second kappa shape index (κ2) is 7.78. The molecule has 7 nitrogen and oxygen atoms in total. The Labute approximate surface area is 143 Å². The van der Waals surface area contributed by atoms with Crippen LogP contribution in [0.2, 0.25) is 0 Å². The zero-order valence-corrected chi connectivity index (χ0v) is 14.5. The Morgan fingerprint density at radius 1 is 1.25 bits per heavy atom. The third-order valence-corrected chi connectivity index (χ3v) is 4.77. The molecule has 24 heavy (non-hydrogen) atoms. The van der Waals surface area contributed by atoms with E-state index in [1.54, 1.807) is 16.3 Å². The number of aliphatic hydroxyl groups excluding tert-OH is 1. The minimum absolute atomic E-state index is 0.0137. The number of thioether (sulfide) groups is 1. The summed E-state index contributed by atoms with van der Waals surface area (Å²) in [6.07, 6.45) is 0.860. The molecule has 2 heterocycles. The standard InChI is InChI=1S/C16H21N5O2S/c1-2-9-20-14(23)12-5-3-4-6-13(12)21-15(20)18-19-16(21)24-11-8-17-7-10-22/h3-6,17,22H,2,7-11H2,1H3/p+1. The SMILES string of the molecule is CCCn1c(=O)c2ccccc2n2c(SCC[NH2+]CCO)nnc12. The number of aromatic nitrogens is 4. The van der Waals surface area contributed by atoms with Crippen molar-refractivity contribution in [3.05, 3.63) is 34.6 Å². The molecule has 0 saturated carbocycles. The normalized spacial score (nSPS) is 11.6. The molecular formula is C16H22N5O2S+. The van der Waals surface area contributed by atoms with E-state index in [0.717, 1.165) is 29.4 Å². The highest BCUT2D eigenvalue weighted by molar-refractivity contribution is 7.99. The van der Waals surface area contributed by atoms with Gasteiger partial charge in [0.15, 0.2) is 5.16 Å². The summed E-state index contributed by atoms with van der Waals surface area (Å²) >= 11 is 1.62. The fourth-order valence-corrected chi connectivity index (χ4v) is 3.60. The van der Waals surface area contributed by atoms with E-state index in [4.69, 9.17) is 5.11 Å². The number of rotatable bonds is 8. The average molecular weight is 348 g/mol. The van der Waals surface area contributed by atoms with Gasteiger partial charge in [-0.25, -0.2) is 0 Å². The van der Waals surface area contributed by atoms with Gasteiger partial charge >= 0.3 is 0 Å². The maximum atomic E-state index is 12.7. The van der Waals surface area contributed by atoms with Crippen LogP contribution in [0.25, 0.3) is 16.7 Å². The Balaban J connectivity index is 2.04. The van der Waals surface area contributed by atoms with Crippen LogP contribution in [-0.4, -0.2) is 49.7 Å². The molecule has 0 atom stereocenters. The summed E-state index contributed by atoms with van der Waals surface area (Å²) in [7, 11) is 0. The zero-order chi connectivity index (χ0) is 16.9. The molecule has 0 aliphatic heterocycles. The number of para-hydroxylation sites is 1. The van der Waals surface area contributed by atoms with E-state index < -0.39 is 0 Å². The lowest BCUT2D eigenvalue weighted by Crippen LogP contribution is -2.85. The number of hydrogen-bond acceptors (Lipinski definition) is 5. The Bertz CT molecular complexity index is 889. The molecule has 3 aromatic rings. The molecule has 0 radical (unpaired) electrons. The summed E-state index contributed by atoms with van der Waals surface area (Å²) in [6.45, 7) is 4.46. The van der Waals surface area contributed by atoms with E-state index in [0.29, 0.717) is 24.3 Å². The fraction of sp³-hybridized carbons (Fsp3) is 0.438. The summed E-state index contributed by atoms with van der Waals surface area (Å²) in [6, 6.07) is 7.60. The van der Waals surface area contributed by atoms with Gasteiger partial charge in [0.25, 0.3) is 5.56 Å². The lowest BCUT2D eigenvalue weighted by molar-refractivity contribution is -0.651. The number of nitrogens with two attached hydrogens (primary N) is 1. The second-order valence-electron chi connectivity index (χ2n) is 5.53. The predicted octanol–water partition coefficient (Wildman–Crippen LogP) is 0.102. The Morgan fingerprint density at radius 3 is 2.88 bits per heavy atom. The zero-order valence-electron chi connectivity index (χ0n) is 13.7. The van der Waals surface area contributed by atoms with E-state index in [-0.39, 0.29) is 12.2 Å². The first-order chi connectivity index (χ1) is 11.8. The molecule has 3 rings (SSSR count). The third kappa shape index (κ3) is 3.17. The Hall–Kier alpha value is -1.90. The summed E-state index contributed by atoms with van der Waals surface area (Å²) < 4.78 is 3.68. The highest BCUT2D eigenvalue weighted by Crippen LogP contribution is 2.21. The molecule has 0 spiro atoms. The largest absolute Gasteiger partial charge is 0.391 e. The minimum Gasteiger partial charge on any atom is -0.391 e. The monoisotopic (exact) mass is 348 g/mol. The lowest BCUT2D eigenvalue weighted by Gasteiger charge is -2.10. The van der Waals surface area contributed by atoms with Crippen molar-refractivity contribution < 1.29 is 10.4 Å². The predicted molar refractivity (Wildman–Crippen MR) is 94.5 cm³/mol. The number of nitrogens with zero attached hydrogens (tertiary/aromatic N) is 4. The summed E-state index contributed by atoms with van der Waals surface area (Å²) in [5, 5.41) is 20.9. The van der Waals surface area contributed by atoms with Crippen molar-refractivity contribution in [2.24, 2.45) is 0 Å². The molecule has 0 bridgehead atoms. The van der Waals surface area contributed by atoms with Gasteiger partial charge in [-0.3, -0.25) is 13.8 Å². The van der Waals surface area contributed by atoms with Gasteiger partial charge in [0.1, 0.15) is 0 Å². The molecule has 0 fully saturated rings. The number of quaternary nitrogens is 1. The van der Waals surface area contributed by atoms with Gasteiger partial charge in [-0.1, -0.05) is 30.8 Å². The van der Waals surface area contributed by atoms with E-state index in [2.05, 4.69) is 15.5 Å². The van der Waals surface area contributed by atoms with E-state index >= 15 is 0 Å². The number of fused-ring (bicyclic) bond motifs is 3. The van der Waals surface area contributed by atoms with Crippen LogP contribution in [0.4, 0.5) is 0 Å². The maximum absolute atomic E-state index is 12.7. The van der Waals surface area contributed by atoms with Crippen LogP contribution in [0, 0.1) is 0 Å². The molecule has 1 aromatic carbocycles. The quantitative estimate of drug-likeness (QED) is 0.445. The summed E-state index contributed by atoms with van der Waals surface area (Å²) in [4.78, 5) is 12.7. The van der Waals surface area contributed by atoms with E-state index in [9.17, 15) is 4.79 Å². The topological polar surface area (TPSA) is 89.0 Å². The van der Waals surface area contributed by atoms with Crippen molar-refractivity contribution in [1.82, 2.24) is 19.2 Å². The molecule has 2 aromatic heterocycles. The number of aliphatic hydroxyl groups is 1. The molecule has 8 heteroatoms. The molecule has 0 aliphatic carbocycles. The highest BCUT2D eigenvalue weighted by Gasteiger charge is 2.16. The third-order valence-electron chi connectivity index (χ3n) is 3.81. The number of benzene rings is 1. The average Bonchev–Trinajstić information content (AvgIpc) is 3.02. The fourth-order valence-electron chi connectivity index (χ4n) is 2.72. The molecule has 3 N–H and O–H groups in total. The first kappa shape index (κ1) is 16.9. The van der Waals surface area contributed by atoms with Crippen LogP contribution >= 0.6 is 11.8 Å². The second-order valence-corrected chi connectivity index (χ2v) is 6.59. The van der Waals surface area contributed by atoms with Gasteiger partial charge in [-0.05, 0) is 18.6 Å². The summed E-state index contributed by atoms with van der Waals surface area (Å²) in [5.41, 5.74) is 0.830. The van der Waals surface area contributed by atoms with Crippen molar-refractivity contribution in [2.75, 3.05) is 25.4 Å². The van der Waals surface area contributed by atoms with E-state index in [1.807, 2.05) is 35.6 Å². The summed E-state index contributed by atoms with van der Waals surface area (Å²) in [5.74, 6) is 1.46. The molecule has 128 valence electrons. The molecule has 0 saturated heterocycles. The maximum Gasteiger partial charge on any atom is 0.262 e. The van der Waals surface area contributed by atoms with Crippen LogP contribution in [0.1, 0.15) is 13.3 Å². The number of aryl methyl sites for hydroxylation is 1. The van der Waals surface area contributed by atoms with Gasteiger partial charge in [-0.2, -0.15) is 0 Å². The molecule has 0 aliphatic rings. The van der Waals surface area contributed by atoms with Crippen molar-refractivity contribution in [2.45, 2.75) is 25.0 Å². The van der Waals surface area contributed by atoms with Gasteiger partial charge in [-0.15, -0.1) is 10.2 Å². The highest BCUT2D eigenvalue weighted by atomic mass is 32.2. The van der Waals surface area contributed by atoms with Gasteiger partial charge in [0, 0.05) is 6.54 Å². The van der Waals surface area contributed by atoms with Crippen LogP contribution in [0.15, 0.2) is 34.2 Å². The minimum atomic E-state index is -0.0137. The van der Waals surface area contributed by atoms with Gasteiger partial charge in [0.05, 0.1) is 36.4 Å². The van der Waals surface area contributed by atoms with Crippen molar-refractivity contribution in [1.29, 1.82) is 0 Å².